The highest BCUT2D eigenvalue weighted by molar-refractivity contribution is 6.26. The maximum Gasteiger partial charge on any atom is 0.277 e. The van der Waals surface area contributed by atoms with Gasteiger partial charge in [-0.1, -0.05) is 12.5 Å². The molecule has 6 heteroatoms. The maximum absolute atomic E-state index is 12.3. The van der Waals surface area contributed by atoms with Gasteiger partial charge in [0.2, 0.25) is 0 Å². The summed E-state index contributed by atoms with van der Waals surface area (Å²) in [5.74, 6) is -1.20. The molecule has 0 aromatic heterocycles. The zero-order valence-corrected chi connectivity index (χ0v) is 15.7. The van der Waals surface area contributed by atoms with Gasteiger partial charge in [0.1, 0.15) is 11.3 Å². The van der Waals surface area contributed by atoms with Crippen LogP contribution >= 0.6 is 0 Å². The molecule has 26 heavy (non-hydrogen) atoms. The second-order valence-corrected chi connectivity index (χ2v) is 7.10. The van der Waals surface area contributed by atoms with Crippen molar-refractivity contribution in [1.29, 1.82) is 0 Å². The molecule has 0 spiro atoms. The summed E-state index contributed by atoms with van der Waals surface area (Å²) in [5.41, 5.74) is 2.52. The van der Waals surface area contributed by atoms with Crippen LogP contribution in [0.25, 0.3) is 11.3 Å². The van der Waals surface area contributed by atoms with E-state index in [1.54, 1.807) is 13.8 Å². The number of carbonyl (C=O) groups excluding carboxylic acids is 2. The number of hydrogen-bond donors (Lipinski definition) is 1. The van der Waals surface area contributed by atoms with Crippen molar-refractivity contribution in [2.75, 3.05) is 0 Å². The smallest absolute Gasteiger partial charge is 0.277 e. The van der Waals surface area contributed by atoms with Gasteiger partial charge in [0.05, 0.1) is 10.5 Å². The molecule has 0 aliphatic heterocycles. The van der Waals surface area contributed by atoms with Crippen molar-refractivity contribution >= 4 is 28.6 Å². The Kier molecular flexibility index (Phi) is 5.44. The highest BCUT2D eigenvalue weighted by Gasteiger charge is 2.32. The lowest BCUT2D eigenvalue weighted by Crippen LogP contribution is -2.25. The van der Waals surface area contributed by atoms with Crippen LogP contribution < -0.4 is 0 Å². The van der Waals surface area contributed by atoms with Gasteiger partial charge in [-0.15, -0.1) is 0 Å². The van der Waals surface area contributed by atoms with Crippen molar-refractivity contribution in [1.82, 2.24) is 0 Å². The Morgan fingerprint density at radius 3 is 2.15 bits per heavy atom. The quantitative estimate of drug-likeness (QED) is 0.281. The van der Waals surface area contributed by atoms with Gasteiger partial charge in [-0.2, -0.15) is 0 Å². The topological polar surface area (TPSA) is 97.5 Å². The molecule has 0 heterocycles. The second-order valence-electron chi connectivity index (χ2n) is 7.10. The van der Waals surface area contributed by atoms with Gasteiger partial charge in [-0.3, -0.25) is 19.7 Å². The second kappa shape index (κ2) is 7.23. The molecule has 2 rings (SSSR count). The number of nitro benzene ring substituents is 1. The summed E-state index contributed by atoms with van der Waals surface area (Å²) in [6.07, 6.45) is 0.411. The Morgan fingerprint density at radius 1 is 1.15 bits per heavy atom. The molecule has 1 aromatic rings. The summed E-state index contributed by atoms with van der Waals surface area (Å²) >= 11 is 0. The predicted octanol–water partition coefficient (Wildman–Crippen LogP) is 4.55. The summed E-state index contributed by atoms with van der Waals surface area (Å²) in [6, 6.07) is 2.71. The molecule has 0 amide bonds. The maximum atomic E-state index is 12.3. The number of aliphatic hydroxyl groups is 1. The molecule has 6 nitrogen and oxygen atoms in total. The Balaban J connectivity index is 2.76. The van der Waals surface area contributed by atoms with Gasteiger partial charge >= 0.3 is 0 Å². The van der Waals surface area contributed by atoms with E-state index in [-0.39, 0.29) is 52.9 Å². The molecule has 0 radical (unpaired) electrons. The minimum absolute atomic E-state index is 0.0482. The summed E-state index contributed by atoms with van der Waals surface area (Å²) < 4.78 is 0. The molecule has 0 atom stereocenters. The SMILES string of the molecule is CC(C)=C(C)c1c([N+](=O)[O-])ccc(C(O)=C2C(=O)CC(C)CC2=O)c1C. The number of carbonyl (C=O) groups is 2. The minimum atomic E-state index is -0.471. The van der Waals surface area contributed by atoms with E-state index in [1.165, 1.54) is 12.1 Å². The van der Waals surface area contributed by atoms with Crippen LogP contribution in [0.4, 0.5) is 5.69 Å². The zero-order chi connectivity index (χ0) is 19.8. The molecule has 0 saturated heterocycles. The van der Waals surface area contributed by atoms with E-state index >= 15 is 0 Å². The molecule has 1 aliphatic rings. The van der Waals surface area contributed by atoms with Crippen molar-refractivity contribution in [2.24, 2.45) is 5.92 Å². The van der Waals surface area contributed by atoms with E-state index in [4.69, 9.17) is 0 Å². The van der Waals surface area contributed by atoms with E-state index in [0.717, 1.165) is 11.1 Å². The van der Waals surface area contributed by atoms with E-state index in [9.17, 15) is 24.8 Å². The number of nitrogens with zero attached hydrogens (tertiary/aromatic N) is 1. The van der Waals surface area contributed by atoms with Crippen LogP contribution in [0.3, 0.4) is 0 Å². The summed E-state index contributed by atoms with van der Waals surface area (Å²) in [5, 5.41) is 22.1. The third kappa shape index (κ3) is 3.45. The van der Waals surface area contributed by atoms with Crippen LogP contribution in [0.15, 0.2) is 23.3 Å². The van der Waals surface area contributed by atoms with Gasteiger partial charge in [0, 0.05) is 24.5 Å². The zero-order valence-electron chi connectivity index (χ0n) is 15.7. The van der Waals surface area contributed by atoms with Gasteiger partial charge in [0.25, 0.3) is 5.69 Å². The number of allylic oxidation sites excluding steroid dienone is 3. The van der Waals surface area contributed by atoms with E-state index < -0.39 is 4.92 Å². The lowest BCUT2D eigenvalue weighted by molar-refractivity contribution is -0.385. The number of ketones is 2. The van der Waals surface area contributed by atoms with Crippen LogP contribution in [-0.2, 0) is 9.59 Å². The number of benzene rings is 1. The van der Waals surface area contributed by atoms with Crippen molar-refractivity contribution in [2.45, 2.75) is 47.5 Å². The number of hydrogen-bond acceptors (Lipinski definition) is 5. The molecule has 0 unspecified atom stereocenters. The van der Waals surface area contributed by atoms with Gasteiger partial charge < -0.3 is 5.11 Å². The Morgan fingerprint density at radius 2 is 1.69 bits per heavy atom. The highest BCUT2D eigenvalue weighted by Crippen LogP contribution is 2.36. The van der Waals surface area contributed by atoms with Crippen LogP contribution in [0.5, 0.6) is 0 Å². The predicted molar refractivity (Wildman–Crippen MR) is 99.7 cm³/mol. The third-order valence-corrected chi connectivity index (χ3v) is 4.88. The van der Waals surface area contributed by atoms with Crippen molar-refractivity contribution in [3.63, 3.8) is 0 Å². The summed E-state index contributed by atoms with van der Waals surface area (Å²) in [7, 11) is 0. The van der Waals surface area contributed by atoms with E-state index in [0.29, 0.717) is 11.1 Å². The molecule has 1 aliphatic carbocycles. The van der Waals surface area contributed by atoms with E-state index in [2.05, 4.69) is 0 Å². The van der Waals surface area contributed by atoms with Crippen LogP contribution in [0, 0.1) is 23.0 Å². The van der Waals surface area contributed by atoms with Crippen LogP contribution in [0.2, 0.25) is 0 Å². The van der Waals surface area contributed by atoms with Crippen molar-refractivity contribution in [3.05, 3.63) is 50.1 Å². The summed E-state index contributed by atoms with van der Waals surface area (Å²) in [4.78, 5) is 35.5. The lowest BCUT2D eigenvalue weighted by atomic mass is 9.82. The normalized spacial score (nSPS) is 17.3. The van der Waals surface area contributed by atoms with Gasteiger partial charge in [-0.25, -0.2) is 0 Å². The van der Waals surface area contributed by atoms with Crippen molar-refractivity contribution in [3.8, 4) is 0 Å². The fraction of sp³-hybridized carbons (Fsp3) is 0.400. The lowest BCUT2D eigenvalue weighted by Gasteiger charge is -2.20. The van der Waals surface area contributed by atoms with Crippen LogP contribution in [0.1, 0.15) is 57.2 Å². The number of nitro groups is 1. The summed E-state index contributed by atoms with van der Waals surface area (Å²) in [6.45, 7) is 8.94. The van der Waals surface area contributed by atoms with Gasteiger partial charge in [-0.05, 0) is 50.8 Å². The molecule has 0 bridgehead atoms. The fourth-order valence-corrected chi connectivity index (χ4v) is 3.29. The molecule has 138 valence electrons. The molecule has 1 saturated carbocycles. The van der Waals surface area contributed by atoms with Crippen molar-refractivity contribution < 1.29 is 19.6 Å². The Labute approximate surface area is 152 Å². The first-order valence-electron chi connectivity index (χ1n) is 8.48. The average Bonchev–Trinajstić information content (AvgIpc) is 2.52. The molecule has 1 aromatic carbocycles. The number of aliphatic hydroxyl groups excluding tert-OH is 1. The molecular weight excluding hydrogens is 334 g/mol. The third-order valence-electron chi connectivity index (χ3n) is 4.88. The van der Waals surface area contributed by atoms with E-state index in [1.807, 2.05) is 20.8 Å². The number of Topliss-reactive ketones (excluding diaryl/α,β-unsaturated/α-hetero) is 2. The molecule has 1 fully saturated rings. The molecular formula is C20H23NO5. The highest BCUT2D eigenvalue weighted by atomic mass is 16.6. The standard InChI is InChI=1S/C20H23NO5/c1-10(2)12(4)18-13(5)14(6-7-15(18)21(25)26)20(24)19-16(22)8-11(3)9-17(19)23/h6-7,11,24H,8-9H2,1-5H3. The Hall–Kier alpha value is -2.76. The monoisotopic (exact) mass is 357 g/mol. The molecule has 1 N–H and O–H groups in total. The largest absolute Gasteiger partial charge is 0.506 e. The number of rotatable bonds is 3. The van der Waals surface area contributed by atoms with Crippen LogP contribution in [-0.4, -0.2) is 21.6 Å². The van der Waals surface area contributed by atoms with Gasteiger partial charge in [0.15, 0.2) is 11.6 Å². The first-order chi connectivity index (χ1) is 12.1. The first kappa shape index (κ1) is 19.6. The minimum Gasteiger partial charge on any atom is -0.506 e. The Bertz CT molecular complexity index is 852. The first-order valence-corrected chi connectivity index (χ1v) is 8.48. The average molecular weight is 357 g/mol. The fourth-order valence-electron chi connectivity index (χ4n) is 3.29.